The summed E-state index contributed by atoms with van der Waals surface area (Å²) >= 11 is 0. The van der Waals surface area contributed by atoms with Crippen LogP contribution >= 0.6 is 0 Å². The first-order chi connectivity index (χ1) is 4.52. The number of hydrogen-bond acceptors (Lipinski definition) is 2. The number of hydrogen-bond donors (Lipinski definition) is 0. The molecule has 0 unspecified atom stereocenters. The molecule has 0 saturated heterocycles. The monoisotopic (exact) mass is 139 g/mol. The van der Waals surface area contributed by atoms with Gasteiger partial charge < -0.3 is 4.52 Å². The number of rotatable bonds is 0. The van der Waals surface area contributed by atoms with Crippen LogP contribution in [-0.2, 0) is 5.41 Å². The topological polar surface area (TPSA) is 26.0 Å². The van der Waals surface area contributed by atoms with E-state index in [1.54, 1.807) is 6.26 Å². The molecule has 0 aliphatic carbocycles. The molecule has 0 N–H and O–H groups in total. The second-order valence-corrected chi connectivity index (χ2v) is 3.56. The van der Waals surface area contributed by atoms with Gasteiger partial charge in [-0.3, -0.25) is 0 Å². The Morgan fingerprint density at radius 3 is 2.20 bits per heavy atom. The van der Waals surface area contributed by atoms with Crippen LogP contribution < -0.4 is 0 Å². The first-order valence-corrected chi connectivity index (χ1v) is 3.43. The molecule has 1 aromatic rings. The molecule has 0 aliphatic heterocycles. The summed E-state index contributed by atoms with van der Waals surface area (Å²) in [6.07, 6.45) is 1.72. The zero-order valence-corrected chi connectivity index (χ0v) is 6.93. The SMILES string of the molecule is Cc1nocc1C(C)(C)C. The maximum atomic E-state index is 4.82. The minimum Gasteiger partial charge on any atom is -0.364 e. The van der Waals surface area contributed by atoms with Crippen LogP contribution in [0.1, 0.15) is 32.0 Å². The largest absolute Gasteiger partial charge is 0.364 e. The van der Waals surface area contributed by atoms with Crippen molar-refractivity contribution >= 4 is 0 Å². The van der Waals surface area contributed by atoms with Gasteiger partial charge in [0.25, 0.3) is 0 Å². The number of aromatic nitrogens is 1. The maximum Gasteiger partial charge on any atom is 0.127 e. The lowest BCUT2D eigenvalue weighted by Gasteiger charge is -2.15. The zero-order valence-electron chi connectivity index (χ0n) is 6.93. The molecule has 0 atom stereocenters. The summed E-state index contributed by atoms with van der Waals surface area (Å²) in [5.41, 5.74) is 2.34. The molecule has 2 nitrogen and oxygen atoms in total. The van der Waals surface area contributed by atoms with E-state index in [0.29, 0.717) is 0 Å². The Balaban J connectivity index is 3.05. The van der Waals surface area contributed by atoms with Crippen LogP contribution in [0.3, 0.4) is 0 Å². The van der Waals surface area contributed by atoms with Gasteiger partial charge in [-0.15, -0.1) is 0 Å². The van der Waals surface area contributed by atoms with Gasteiger partial charge in [0.15, 0.2) is 0 Å². The fourth-order valence-corrected chi connectivity index (χ4v) is 1.01. The molecular weight excluding hydrogens is 126 g/mol. The third-order valence-electron chi connectivity index (χ3n) is 1.56. The van der Waals surface area contributed by atoms with Crippen LogP contribution in [0.25, 0.3) is 0 Å². The minimum atomic E-state index is 0.157. The Hall–Kier alpha value is -0.790. The summed E-state index contributed by atoms with van der Waals surface area (Å²) in [5, 5.41) is 3.81. The Kier molecular flexibility index (Phi) is 1.55. The summed E-state index contributed by atoms with van der Waals surface area (Å²) < 4.78 is 4.82. The van der Waals surface area contributed by atoms with E-state index in [-0.39, 0.29) is 5.41 Å². The predicted molar refractivity (Wildman–Crippen MR) is 39.9 cm³/mol. The van der Waals surface area contributed by atoms with E-state index in [9.17, 15) is 0 Å². The zero-order chi connectivity index (χ0) is 7.78. The van der Waals surface area contributed by atoms with Gasteiger partial charge in [-0.2, -0.15) is 0 Å². The van der Waals surface area contributed by atoms with Gasteiger partial charge >= 0.3 is 0 Å². The van der Waals surface area contributed by atoms with Gasteiger partial charge in [0.1, 0.15) is 6.26 Å². The van der Waals surface area contributed by atoms with Crippen molar-refractivity contribution < 1.29 is 4.52 Å². The minimum absolute atomic E-state index is 0.157. The molecule has 0 radical (unpaired) electrons. The van der Waals surface area contributed by atoms with E-state index in [1.165, 1.54) is 5.56 Å². The van der Waals surface area contributed by atoms with Crippen molar-refractivity contribution in [2.45, 2.75) is 33.1 Å². The second-order valence-electron chi connectivity index (χ2n) is 3.56. The summed E-state index contributed by atoms with van der Waals surface area (Å²) in [7, 11) is 0. The van der Waals surface area contributed by atoms with Crippen molar-refractivity contribution in [1.29, 1.82) is 0 Å². The first-order valence-electron chi connectivity index (χ1n) is 3.43. The van der Waals surface area contributed by atoms with Crippen LogP contribution in [0.15, 0.2) is 10.8 Å². The van der Waals surface area contributed by atoms with Crippen LogP contribution in [0, 0.1) is 6.92 Å². The molecule has 0 aliphatic rings. The lowest BCUT2D eigenvalue weighted by atomic mass is 9.88. The van der Waals surface area contributed by atoms with Crippen LogP contribution in [0.5, 0.6) is 0 Å². The molecule has 0 fully saturated rings. The van der Waals surface area contributed by atoms with E-state index in [1.807, 2.05) is 6.92 Å². The van der Waals surface area contributed by atoms with Gasteiger partial charge in [0, 0.05) is 5.56 Å². The van der Waals surface area contributed by atoms with Crippen LogP contribution in [-0.4, -0.2) is 5.16 Å². The third-order valence-corrected chi connectivity index (χ3v) is 1.56. The number of nitrogens with zero attached hydrogens (tertiary/aromatic N) is 1. The van der Waals surface area contributed by atoms with Gasteiger partial charge in [0.05, 0.1) is 5.69 Å². The normalized spacial score (nSPS) is 12.0. The summed E-state index contributed by atoms with van der Waals surface area (Å²) in [5.74, 6) is 0. The van der Waals surface area contributed by atoms with Crippen LogP contribution in [0.4, 0.5) is 0 Å². The highest BCUT2D eigenvalue weighted by Crippen LogP contribution is 2.23. The van der Waals surface area contributed by atoms with E-state index in [0.717, 1.165) is 5.69 Å². The lowest BCUT2D eigenvalue weighted by Crippen LogP contribution is -2.11. The van der Waals surface area contributed by atoms with Gasteiger partial charge in [-0.1, -0.05) is 25.9 Å². The molecule has 1 aromatic heterocycles. The highest BCUT2D eigenvalue weighted by molar-refractivity contribution is 5.21. The van der Waals surface area contributed by atoms with E-state index < -0.39 is 0 Å². The lowest BCUT2D eigenvalue weighted by molar-refractivity contribution is 0.412. The molecule has 0 saturated carbocycles. The average Bonchev–Trinajstić information content (AvgIpc) is 2.11. The summed E-state index contributed by atoms with van der Waals surface area (Å²) in [6, 6.07) is 0. The Labute approximate surface area is 61.2 Å². The molecule has 10 heavy (non-hydrogen) atoms. The second kappa shape index (κ2) is 2.11. The van der Waals surface area contributed by atoms with Crippen molar-refractivity contribution in [3.8, 4) is 0 Å². The average molecular weight is 139 g/mol. The van der Waals surface area contributed by atoms with Gasteiger partial charge in [0.2, 0.25) is 0 Å². The van der Waals surface area contributed by atoms with Crippen molar-refractivity contribution in [1.82, 2.24) is 5.16 Å². The predicted octanol–water partition coefficient (Wildman–Crippen LogP) is 2.28. The highest BCUT2D eigenvalue weighted by Gasteiger charge is 2.18. The molecule has 0 aromatic carbocycles. The van der Waals surface area contributed by atoms with Crippen molar-refractivity contribution in [3.05, 3.63) is 17.5 Å². The Bertz CT molecular complexity index is 219. The quantitative estimate of drug-likeness (QED) is 0.551. The first kappa shape index (κ1) is 7.32. The number of aryl methyl sites for hydroxylation is 1. The standard InChI is InChI=1S/C8H13NO/c1-6-7(5-10-9-6)8(2,3)4/h5H,1-4H3. The van der Waals surface area contributed by atoms with E-state index in [4.69, 9.17) is 4.52 Å². The molecule has 56 valence electrons. The van der Waals surface area contributed by atoms with Gasteiger partial charge in [-0.05, 0) is 12.3 Å². The highest BCUT2D eigenvalue weighted by atomic mass is 16.5. The molecule has 0 spiro atoms. The third kappa shape index (κ3) is 1.20. The van der Waals surface area contributed by atoms with E-state index in [2.05, 4.69) is 25.9 Å². The summed E-state index contributed by atoms with van der Waals surface area (Å²) in [4.78, 5) is 0. The van der Waals surface area contributed by atoms with Crippen molar-refractivity contribution in [3.63, 3.8) is 0 Å². The molecular formula is C8H13NO. The summed E-state index contributed by atoms with van der Waals surface area (Å²) in [6.45, 7) is 8.40. The Morgan fingerprint density at radius 1 is 1.40 bits per heavy atom. The molecule has 1 rings (SSSR count). The molecule has 2 heteroatoms. The van der Waals surface area contributed by atoms with Crippen molar-refractivity contribution in [2.75, 3.05) is 0 Å². The molecule has 0 bridgehead atoms. The maximum absolute atomic E-state index is 4.82. The fourth-order valence-electron chi connectivity index (χ4n) is 1.01. The van der Waals surface area contributed by atoms with Crippen molar-refractivity contribution in [2.24, 2.45) is 0 Å². The molecule has 1 heterocycles. The smallest absolute Gasteiger partial charge is 0.127 e. The van der Waals surface area contributed by atoms with Crippen LogP contribution in [0.2, 0.25) is 0 Å². The van der Waals surface area contributed by atoms with Gasteiger partial charge in [-0.25, -0.2) is 0 Å². The Morgan fingerprint density at radius 2 is 2.00 bits per heavy atom. The van der Waals surface area contributed by atoms with E-state index >= 15 is 0 Å². The fraction of sp³-hybridized carbons (Fsp3) is 0.625. The molecule has 0 amide bonds.